The Balaban J connectivity index is 2.32. The van der Waals surface area contributed by atoms with Crippen molar-refractivity contribution in [3.8, 4) is 0 Å². The van der Waals surface area contributed by atoms with Crippen molar-refractivity contribution in [1.29, 1.82) is 0 Å². The number of rotatable bonds is 4. The molecule has 18 heavy (non-hydrogen) atoms. The average Bonchev–Trinajstić information content (AvgIpc) is 2.82. The highest BCUT2D eigenvalue weighted by Crippen LogP contribution is 2.37. The van der Waals surface area contributed by atoms with Crippen molar-refractivity contribution < 1.29 is 0 Å². The molecule has 2 rings (SSSR count). The number of thiazole rings is 1. The van der Waals surface area contributed by atoms with Crippen LogP contribution in [-0.4, -0.2) is 24.6 Å². The van der Waals surface area contributed by atoms with E-state index in [0.29, 0.717) is 11.8 Å². The number of nitrogens with zero attached hydrogens (tertiary/aromatic N) is 1. The summed E-state index contributed by atoms with van der Waals surface area (Å²) in [5.41, 5.74) is 1.32. The SMILES string of the molecule is CCNC1(c2nc(C(C)C)cs2)CCNCC1C. The lowest BCUT2D eigenvalue weighted by Gasteiger charge is -2.42. The maximum atomic E-state index is 4.90. The first-order valence-electron chi connectivity index (χ1n) is 7.01. The zero-order valence-corrected chi connectivity index (χ0v) is 12.7. The fourth-order valence-electron chi connectivity index (χ4n) is 2.75. The first-order valence-corrected chi connectivity index (χ1v) is 7.89. The minimum absolute atomic E-state index is 0.0812. The summed E-state index contributed by atoms with van der Waals surface area (Å²) in [5, 5.41) is 10.7. The molecule has 0 radical (unpaired) electrons. The smallest absolute Gasteiger partial charge is 0.113 e. The molecular weight excluding hydrogens is 242 g/mol. The summed E-state index contributed by atoms with van der Waals surface area (Å²) < 4.78 is 0. The first-order chi connectivity index (χ1) is 8.60. The van der Waals surface area contributed by atoms with Gasteiger partial charge in [0.2, 0.25) is 0 Å². The van der Waals surface area contributed by atoms with Crippen LogP contribution in [0.1, 0.15) is 50.7 Å². The van der Waals surface area contributed by atoms with E-state index in [-0.39, 0.29) is 5.54 Å². The van der Waals surface area contributed by atoms with Crippen LogP contribution < -0.4 is 10.6 Å². The van der Waals surface area contributed by atoms with Gasteiger partial charge >= 0.3 is 0 Å². The third kappa shape index (κ3) is 2.46. The lowest BCUT2D eigenvalue weighted by molar-refractivity contribution is 0.170. The van der Waals surface area contributed by atoms with Gasteiger partial charge in [-0.15, -0.1) is 11.3 Å². The molecule has 2 N–H and O–H groups in total. The molecule has 0 bridgehead atoms. The van der Waals surface area contributed by atoms with E-state index in [2.05, 4.69) is 43.7 Å². The predicted molar refractivity (Wildman–Crippen MR) is 78.2 cm³/mol. The van der Waals surface area contributed by atoms with Crippen LogP contribution in [0.25, 0.3) is 0 Å². The van der Waals surface area contributed by atoms with Gasteiger partial charge in [0.25, 0.3) is 0 Å². The highest BCUT2D eigenvalue weighted by molar-refractivity contribution is 7.09. The molecule has 4 heteroatoms. The van der Waals surface area contributed by atoms with Crippen molar-refractivity contribution in [2.24, 2.45) is 5.92 Å². The van der Waals surface area contributed by atoms with Crippen LogP contribution in [0.3, 0.4) is 0 Å². The van der Waals surface area contributed by atoms with E-state index in [9.17, 15) is 0 Å². The summed E-state index contributed by atoms with van der Waals surface area (Å²) in [4.78, 5) is 4.90. The summed E-state index contributed by atoms with van der Waals surface area (Å²) in [6.45, 7) is 12.1. The van der Waals surface area contributed by atoms with Crippen LogP contribution in [-0.2, 0) is 5.54 Å². The van der Waals surface area contributed by atoms with Crippen molar-refractivity contribution in [1.82, 2.24) is 15.6 Å². The Morgan fingerprint density at radius 3 is 2.94 bits per heavy atom. The van der Waals surface area contributed by atoms with E-state index in [0.717, 1.165) is 26.1 Å². The normalized spacial score (nSPS) is 28.8. The third-order valence-corrected chi connectivity index (χ3v) is 5.01. The maximum Gasteiger partial charge on any atom is 0.113 e. The van der Waals surface area contributed by atoms with Crippen LogP contribution in [0, 0.1) is 5.92 Å². The van der Waals surface area contributed by atoms with Gasteiger partial charge in [-0.05, 0) is 37.9 Å². The molecule has 102 valence electrons. The maximum absolute atomic E-state index is 4.90. The molecule has 1 fully saturated rings. The topological polar surface area (TPSA) is 37.0 Å². The molecule has 2 unspecified atom stereocenters. The lowest BCUT2D eigenvalue weighted by atomic mass is 9.80. The quantitative estimate of drug-likeness (QED) is 0.881. The fraction of sp³-hybridized carbons (Fsp3) is 0.786. The standard InChI is InChI=1S/C14H25N3S/c1-5-16-14(6-7-15-8-11(14)4)13-17-12(9-18-13)10(2)3/h9-11,15-16H,5-8H2,1-4H3. The van der Waals surface area contributed by atoms with Gasteiger partial charge in [0.05, 0.1) is 11.2 Å². The Kier molecular flexibility index (Phi) is 4.41. The van der Waals surface area contributed by atoms with Crippen molar-refractivity contribution in [3.05, 3.63) is 16.1 Å². The second kappa shape index (κ2) is 5.68. The van der Waals surface area contributed by atoms with Gasteiger partial charge in [0.15, 0.2) is 0 Å². The number of hydrogen-bond donors (Lipinski definition) is 2. The van der Waals surface area contributed by atoms with Gasteiger partial charge in [0, 0.05) is 5.38 Å². The van der Waals surface area contributed by atoms with E-state index in [1.165, 1.54) is 10.7 Å². The zero-order valence-electron chi connectivity index (χ0n) is 11.9. The molecule has 0 aromatic carbocycles. The van der Waals surface area contributed by atoms with E-state index in [1.54, 1.807) is 0 Å². The van der Waals surface area contributed by atoms with Crippen LogP contribution >= 0.6 is 11.3 Å². The van der Waals surface area contributed by atoms with Gasteiger partial charge in [-0.3, -0.25) is 0 Å². The molecule has 3 nitrogen and oxygen atoms in total. The van der Waals surface area contributed by atoms with Crippen molar-refractivity contribution in [2.75, 3.05) is 19.6 Å². The molecule has 1 aliphatic rings. The number of piperidine rings is 1. The van der Waals surface area contributed by atoms with E-state index < -0.39 is 0 Å². The molecule has 0 aliphatic carbocycles. The van der Waals surface area contributed by atoms with E-state index >= 15 is 0 Å². The summed E-state index contributed by atoms with van der Waals surface area (Å²) >= 11 is 1.83. The largest absolute Gasteiger partial charge is 0.316 e. The van der Waals surface area contributed by atoms with Crippen molar-refractivity contribution in [3.63, 3.8) is 0 Å². The predicted octanol–water partition coefficient (Wildman–Crippen LogP) is 2.70. The monoisotopic (exact) mass is 267 g/mol. The summed E-state index contributed by atoms with van der Waals surface area (Å²) in [7, 11) is 0. The van der Waals surface area contributed by atoms with Crippen LogP contribution in [0.5, 0.6) is 0 Å². The lowest BCUT2D eigenvalue weighted by Crippen LogP contribution is -2.55. The fourth-order valence-corrected chi connectivity index (χ4v) is 4.05. The van der Waals surface area contributed by atoms with Gasteiger partial charge in [-0.2, -0.15) is 0 Å². The van der Waals surface area contributed by atoms with Crippen LogP contribution in [0.4, 0.5) is 0 Å². The average molecular weight is 267 g/mol. The van der Waals surface area contributed by atoms with E-state index in [4.69, 9.17) is 4.98 Å². The number of aromatic nitrogens is 1. The summed E-state index contributed by atoms with van der Waals surface area (Å²) in [6, 6.07) is 0. The molecule has 1 saturated heterocycles. The number of hydrogen-bond acceptors (Lipinski definition) is 4. The van der Waals surface area contributed by atoms with Crippen LogP contribution in [0.15, 0.2) is 5.38 Å². The third-order valence-electron chi connectivity index (χ3n) is 3.98. The molecule has 2 atom stereocenters. The summed E-state index contributed by atoms with van der Waals surface area (Å²) in [5.74, 6) is 1.10. The molecule has 0 spiro atoms. The molecule has 2 heterocycles. The minimum Gasteiger partial charge on any atom is -0.316 e. The Labute approximate surface area is 114 Å². The highest BCUT2D eigenvalue weighted by atomic mass is 32.1. The first kappa shape index (κ1) is 14.0. The zero-order chi connectivity index (χ0) is 13.2. The molecule has 1 aliphatic heterocycles. The van der Waals surface area contributed by atoms with Crippen LogP contribution in [0.2, 0.25) is 0 Å². The van der Waals surface area contributed by atoms with Gasteiger partial charge in [0.1, 0.15) is 5.01 Å². The molecule has 0 saturated carbocycles. The van der Waals surface area contributed by atoms with Crippen molar-refractivity contribution >= 4 is 11.3 Å². The van der Waals surface area contributed by atoms with Gasteiger partial charge in [-0.25, -0.2) is 4.98 Å². The van der Waals surface area contributed by atoms with Gasteiger partial charge in [-0.1, -0.05) is 27.7 Å². The van der Waals surface area contributed by atoms with Crippen molar-refractivity contribution in [2.45, 2.75) is 45.6 Å². The Hall–Kier alpha value is -0.450. The Bertz CT molecular complexity index is 384. The van der Waals surface area contributed by atoms with E-state index in [1.807, 2.05) is 11.3 Å². The Morgan fingerprint density at radius 2 is 2.39 bits per heavy atom. The second-order valence-electron chi connectivity index (χ2n) is 5.59. The molecular formula is C14H25N3S. The highest BCUT2D eigenvalue weighted by Gasteiger charge is 2.41. The molecule has 0 amide bonds. The van der Waals surface area contributed by atoms with Gasteiger partial charge < -0.3 is 10.6 Å². The minimum atomic E-state index is 0.0812. The molecule has 1 aromatic heterocycles. The number of nitrogens with one attached hydrogen (secondary N) is 2. The Morgan fingerprint density at radius 1 is 1.61 bits per heavy atom. The second-order valence-corrected chi connectivity index (χ2v) is 6.45. The molecule has 1 aromatic rings. The summed E-state index contributed by atoms with van der Waals surface area (Å²) in [6.07, 6.45) is 1.13.